The molecule has 4 nitrogen and oxygen atoms in total. The molecule has 1 heterocycles. The van der Waals surface area contributed by atoms with Crippen LogP contribution in [0, 0.1) is 0 Å². The summed E-state index contributed by atoms with van der Waals surface area (Å²) >= 11 is 5.92. The first-order chi connectivity index (χ1) is 9.75. The van der Waals surface area contributed by atoms with Crippen molar-refractivity contribution in [2.45, 2.75) is 0 Å². The molecule has 0 saturated carbocycles. The van der Waals surface area contributed by atoms with E-state index in [4.69, 9.17) is 11.6 Å². The first kappa shape index (κ1) is 12.6. The molecule has 3 aromatic rings. The summed E-state index contributed by atoms with van der Waals surface area (Å²) in [5.74, 6) is -0.165. The molecule has 2 aromatic carbocycles. The minimum atomic E-state index is -0.165. The molecule has 0 saturated heterocycles. The topological polar surface area (TPSA) is 47.8 Å². The lowest BCUT2D eigenvalue weighted by Crippen LogP contribution is -2.09. The highest BCUT2D eigenvalue weighted by atomic mass is 35.5. The molecule has 0 atom stereocenters. The lowest BCUT2D eigenvalue weighted by Gasteiger charge is -2.05. The zero-order valence-corrected chi connectivity index (χ0v) is 11.2. The Labute approximate surface area is 120 Å². The largest absolute Gasteiger partial charge is 0.287 e. The second kappa shape index (κ2) is 5.27. The number of nitrogens with zero attached hydrogens (tertiary/aromatic N) is 3. The summed E-state index contributed by atoms with van der Waals surface area (Å²) in [5.41, 5.74) is 1.70. The Bertz CT molecular complexity index is 753. The number of rotatable bonds is 3. The van der Waals surface area contributed by atoms with Crippen molar-refractivity contribution in [3.8, 4) is 5.69 Å². The van der Waals surface area contributed by atoms with E-state index in [1.54, 1.807) is 24.3 Å². The fraction of sp³-hybridized carbons (Fsp3) is 0. The van der Waals surface area contributed by atoms with Crippen molar-refractivity contribution in [2.24, 2.45) is 0 Å². The van der Waals surface area contributed by atoms with Crippen molar-refractivity contribution in [3.63, 3.8) is 0 Å². The van der Waals surface area contributed by atoms with Crippen LogP contribution in [-0.2, 0) is 0 Å². The van der Waals surface area contributed by atoms with E-state index in [0.29, 0.717) is 16.3 Å². The third kappa shape index (κ3) is 2.33. The maximum absolute atomic E-state index is 12.5. The van der Waals surface area contributed by atoms with Crippen molar-refractivity contribution >= 4 is 17.4 Å². The maximum Gasteiger partial charge on any atom is 0.213 e. The first-order valence-electron chi connectivity index (χ1n) is 6.02. The van der Waals surface area contributed by atoms with Crippen molar-refractivity contribution < 1.29 is 4.79 Å². The molecule has 0 amide bonds. The van der Waals surface area contributed by atoms with Crippen LogP contribution in [0.3, 0.4) is 0 Å². The molecule has 1 aromatic heterocycles. The van der Waals surface area contributed by atoms with Crippen LogP contribution in [0.25, 0.3) is 5.69 Å². The third-order valence-corrected chi connectivity index (χ3v) is 3.10. The summed E-state index contributed by atoms with van der Waals surface area (Å²) in [4.78, 5) is 12.5. The third-order valence-electron chi connectivity index (χ3n) is 2.87. The fourth-order valence-electron chi connectivity index (χ4n) is 1.93. The molecule has 0 N–H and O–H groups in total. The number of benzene rings is 2. The standard InChI is InChI=1S/C15H10ClN3O/c16-12-6-4-5-11(9-12)15(20)14-10-17-18-19(14)13-7-2-1-3-8-13/h1-10H. The van der Waals surface area contributed by atoms with E-state index >= 15 is 0 Å². The van der Waals surface area contributed by atoms with Crippen molar-refractivity contribution in [2.75, 3.05) is 0 Å². The number of para-hydroxylation sites is 1. The van der Waals surface area contributed by atoms with E-state index in [2.05, 4.69) is 10.3 Å². The highest BCUT2D eigenvalue weighted by Gasteiger charge is 2.16. The molecule has 0 bridgehead atoms. The van der Waals surface area contributed by atoms with Gasteiger partial charge in [-0.3, -0.25) is 4.79 Å². The number of carbonyl (C=O) groups excluding carboxylic acids is 1. The molecule has 0 radical (unpaired) electrons. The smallest absolute Gasteiger partial charge is 0.213 e. The molecule has 0 spiro atoms. The average Bonchev–Trinajstić information content (AvgIpc) is 2.97. The number of hydrogen-bond acceptors (Lipinski definition) is 3. The summed E-state index contributed by atoms with van der Waals surface area (Å²) in [6.07, 6.45) is 1.45. The van der Waals surface area contributed by atoms with E-state index in [9.17, 15) is 4.79 Å². The zero-order valence-electron chi connectivity index (χ0n) is 10.4. The molecule has 5 heteroatoms. The van der Waals surface area contributed by atoms with E-state index in [0.717, 1.165) is 5.69 Å². The molecule has 3 rings (SSSR count). The second-order valence-electron chi connectivity index (χ2n) is 4.21. The maximum atomic E-state index is 12.5. The Balaban J connectivity index is 2.04. The Kier molecular flexibility index (Phi) is 3.31. The molecule has 0 aliphatic carbocycles. The van der Waals surface area contributed by atoms with Crippen LogP contribution in [-0.4, -0.2) is 20.8 Å². The van der Waals surface area contributed by atoms with Gasteiger partial charge in [0.2, 0.25) is 5.78 Å². The molecule has 0 aliphatic rings. The van der Waals surface area contributed by atoms with Gasteiger partial charge in [0.15, 0.2) is 0 Å². The van der Waals surface area contributed by atoms with Gasteiger partial charge in [-0.05, 0) is 24.3 Å². The van der Waals surface area contributed by atoms with Gasteiger partial charge >= 0.3 is 0 Å². The van der Waals surface area contributed by atoms with Crippen LogP contribution < -0.4 is 0 Å². The van der Waals surface area contributed by atoms with Gasteiger partial charge in [-0.25, -0.2) is 4.68 Å². The highest BCUT2D eigenvalue weighted by Crippen LogP contribution is 2.16. The van der Waals surface area contributed by atoms with Crippen LogP contribution in [0.15, 0.2) is 60.8 Å². The zero-order chi connectivity index (χ0) is 13.9. The number of aromatic nitrogens is 3. The van der Waals surface area contributed by atoms with Crippen molar-refractivity contribution in [1.29, 1.82) is 0 Å². The first-order valence-corrected chi connectivity index (χ1v) is 6.40. The van der Waals surface area contributed by atoms with Crippen molar-refractivity contribution in [1.82, 2.24) is 15.0 Å². The van der Waals surface area contributed by atoms with Crippen LogP contribution in [0.5, 0.6) is 0 Å². The summed E-state index contributed by atoms with van der Waals surface area (Å²) in [6.45, 7) is 0. The van der Waals surface area contributed by atoms with E-state index in [1.807, 2.05) is 30.3 Å². The summed E-state index contributed by atoms with van der Waals surface area (Å²) < 4.78 is 1.52. The van der Waals surface area contributed by atoms with Crippen LogP contribution in [0.1, 0.15) is 16.1 Å². The molecular formula is C15H10ClN3O. The predicted octanol–water partition coefficient (Wildman–Crippen LogP) is 3.15. The number of ketones is 1. The van der Waals surface area contributed by atoms with Gasteiger partial charge < -0.3 is 0 Å². The Morgan fingerprint density at radius 2 is 1.85 bits per heavy atom. The Morgan fingerprint density at radius 3 is 2.60 bits per heavy atom. The normalized spacial score (nSPS) is 10.4. The van der Waals surface area contributed by atoms with Crippen LogP contribution >= 0.6 is 11.6 Å². The van der Waals surface area contributed by atoms with Gasteiger partial charge in [0.1, 0.15) is 5.69 Å². The number of hydrogen-bond donors (Lipinski definition) is 0. The molecular weight excluding hydrogens is 274 g/mol. The summed E-state index contributed by atoms with van der Waals surface area (Å²) in [7, 11) is 0. The number of carbonyl (C=O) groups is 1. The molecule has 0 unspecified atom stereocenters. The van der Waals surface area contributed by atoms with Crippen LogP contribution in [0.2, 0.25) is 5.02 Å². The van der Waals surface area contributed by atoms with Gasteiger partial charge in [-0.2, -0.15) is 0 Å². The van der Waals surface area contributed by atoms with Crippen molar-refractivity contribution in [3.05, 3.63) is 77.1 Å². The predicted molar refractivity (Wildman–Crippen MR) is 76.2 cm³/mol. The van der Waals surface area contributed by atoms with Gasteiger partial charge in [0.05, 0.1) is 11.9 Å². The van der Waals surface area contributed by atoms with Gasteiger partial charge in [-0.15, -0.1) is 5.10 Å². The van der Waals surface area contributed by atoms with E-state index in [1.165, 1.54) is 10.9 Å². The van der Waals surface area contributed by atoms with E-state index < -0.39 is 0 Å². The molecule has 0 aliphatic heterocycles. The minimum Gasteiger partial charge on any atom is -0.287 e. The monoisotopic (exact) mass is 283 g/mol. The number of halogens is 1. The van der Waals surface area contributed by atoms with E-state index in [-0.39, 0.29) is 5.78 Å². The minimum absolute atomic E-state index is 0.165. The average molecular weight is 284 g/mol. The second-order valence-corrected chi connectivity index (χ2v) is 4.64. The lowest BCUT2D eigenvalue weighted by atomic mass is 10.1. The van der Waals surface area contributed by atoms with Gasteiger partial charge in [0.25, 0.3) is 0 Å². The summed E-state index contributed by atoms with van der Waals surface area (Å²) in [5, 5.41) is 8.32. The summed E-state index contributed by atoms with van der Waals surface area (Å²) in [6, 6.07) is 16.2. The molecule has 20 heavy (non-hydrogen) atoms. The Morgan fingerprint density at radius 1 is 1.05 bits per heavy atom. The lowest BCUT2D eigenvalue weighted by molar-refractivity contribution is 0.103. The Hall–Kier alpha value is -2.46. The SMILES string of the molecule is O=C(c1cccc(Cl)c1)c1cnnn1-c1ccccc1. The quantitative estimate of drug-likeness (QED) is 0.694. The highest BCUT2D eigenvalue weighted by molar-refractivity contribution is 6.31. The van der Waals surface area contributed by atoms with Gasteiger partial charge in [-0.1, -0.05) is 47.1 Å². The fourth-order valence-corrected chi connectivity index (χ4v) is 2.12. The van der Waals surface area contributed by atoms with Crippen LogP contribution in [0.4, 0.5) is 0 Å². The molecule has 0 fully saturated rings. The van der Waals surface area contributed by atoms with Gasteiger partial charge in [0, 0.05) is 10.6 Å². The molecule has 98 valence electrons.